The summed E-state index contributed by atoms with van der Waals surface area (Å²) < 4.78 is 0. The van der Waals surface area contributed by atoms with Crippen LogP contribution >= 0.6 is 0 Å². The maximum absolute atomic E-state index is 11.3. The van der Waals surface area contributed by atoms with Crippen LogP contribution in [0.2, 0.25) is 0 Å². The van der Waals surface area contributed by atoms with Crippen molar-refractivity contribution in [3.63, 3.8) is 0 Å². The summed E-state index contributed by atoms with van der Waals surface area (Å²) in [4.78, 5) is 32.5. The minimum Gasteiger partial charge on any atom is -0.481 e. The first-order valence-electron chi connectivity index (χ1n) is 9.13. The molecule has 1 saturated carbocycles. The van der Waals surface area contributed by atoms with Crippen LogP contribution in [0.15, 0.2) is 24.3 Å². The molecule has 5 atom stereocenters. The number of hydrogen-bond acceptors (Lipinski definition) is 4. The Balaban J connectivity index is 1.88. The van der Waals surface area contributed by atoms with E-state index >= 15 is 0 Å². The van der Waals surface area contributed by atoms with Crippen LogP contribution in [0.1, 0.15) is 51.9 Å². The smallest absolute Gasteiger partial charge is 0.310 e. The molecule has 1 aliphatic heterocycles. The Morgan fingerprint density at radius 3 is 2.64 bits per heavy atom. The van der Waals surface area contributed by atoms with Gasteiger partial charge in [-0.05, 0) is 25.7 Å². The SMILES string of the molecule is CCC[C@@H](/C=C/[C@H]1C2CC(OO2)[C@@H]1C/C=C\CCCC(=O)O)C(=O)O. The number of allylic oxidation sites excluding steroid dienone is 2. The van der Waals surface area contributed by atoms with E-state index in [-0.39, 0.29) is 30.5 Å². The Bertz CT molecular complexity index is 512. The molecule has 25 heavy (non-hydrogen) atoms. The van der Waals surface area contributed by atoms with Gasteiger partial charge in [-0.2, -0.15) is 0 Å². The van der Waals surface area contributed by atoms with E-state index in [1.54, 1.807) is 0 Å². The summed E-state index contributed by atoms with van der Waals surface area (Å²) in [5, 5.41) is 17.9. The summed E-state index contributed by atoms with van der Waals surface area (Å²) in [5.41, 5.74) is 0. The Hall–Kier alpha value is -1.66. The van der Waals surface area contributed by atoms with Crippen LogP contribution in [0.25, 0.3) is 0 Å². The van der Waals surface area contributed by atoms with Gasteiger partial charge < -0.3 is 10.2 Å². The quantitative estimate of drug-likeness (QED) is 0.335. The zero-order chi connectivity index (χ0) is 18.2. The number of aliphatic carboxylic acids is 2. The maximum atomic E-state index is 11.3. The molecule has 2 bridgehead atoms. The lowest BCUT2D eigenvalue weighted by Gasteiger charge is -2.27. The molecule has 2 fully saturated rings. The Morgan fingerprint density at radius 2 is 1.96 bits per heavy atom. The molecule has 0 radical (unpaired) electrons. The first kappa shape index (κ1) is 19.7. The lowest BCUT2D eigenvalue weighted by atomic mass is 9.88. The van der Waals surface area contributed by atoms with Crippen LogP contribution in [0.5, 0.6) is 0 Å². The normalized spacial score (nSPS) is 29.6. The van der Waals surface area contributed by atoms with Crippen LogP contribution in [0, 0.1) is 17.8 Å². The van der Waals surface area contributed by atoms with Crippen LogP contribution < -0.4 is 0 Å². The number of carboxylic acid groups (broad SMARTS) is 2. The highest BCUT2D eigenvalue weighted by Gasteiger charge is 2.49. The van der Waals surface area contributed by atoms with Gasteiger partial charge in [-0.1, -0.05) is 37.6 Å². The molecule has 1 saturated heterocycles. The molecule has 0 amide bonds. The largest absolute Gasteiger partial charge is 0.481 e. The molecule has 2 aliphatic rings. The van der Waals surface area contributed by atoms with E-state index in [2.05, 4.69) is 6.08 Å². The fourth-order valence-electron chi connectivity index (χ4n) is 3.63. The second-order valence-electron chi connectivity index (χ2n) is 6.86. The summed E-state index contributed by atoms with van der Waals surface area (Å²) >= 11 is 0. The van der Waals surface area contributed by atoms with Crippen molar-refractivity contribution in [3.8, 4) is 0 Å². The number of hydrogen-bond donors (Lipinski definition) is 2. The molecule has 1 heterocycles. The van der Waals surface area contributed by atoms with Crippen molar-refractivity contribution in [3.05, 3.63) is 24.3 Å². The Kier molecular flexibility index (Phi) is 7.65. The Labute approximate surface area is 148 Å². The van der Waals surface area contributed by atoms with Crippen molar-refractivity contribution in [2.24, 2.45) is 17.8 Å². The monoisotopic (exact) mass is 352 g/mol. The van der Waals surface area contributed by atoms with Crippen LogP contribution in [-0.2, 0) is 19.4 Å². The van der Waals surface area contributed by atoms with Crippen LogP contribution in [-0.4, -0.2) is 34.4 Å². The molecule has 2 N–H and O–H groups in total. The molecular weight excluding hydrogens is 324 g/mol. The molecule has 0 aromatic heterocycles. The summed E-state index contributed by atoms with van der Waals surface area (Å²) in [6, 6.07) is 0. The molecule has 2 rings (SSSR count). The minimum absolute atomic E-state index is 0.00253. The van der Waals surface area contributed by atoms with Gasteiger partial charge in [0.2, 0.25) is 0 Å². The lowest BCUT2D eigenvalue weighted by Crippen LogP contribution is -2.29. The van der Waals surface area contributed by atoms with Crippen LogP contribution in [0.4, 0.5) is 0 Å². The first-order valence-corrected chi connectivity index (χ1v) is 9.13. The highest BCUT2D eigenvalue weighted by Crippen LogP contribution is 2.45. The van der Waals surface area contributed by atoms with Crippen molar-refractivity contribution >= 4 is 11.9 Å². The third kappa shape index (κ3) is 5.68. The average Bonchev–Trinajstić information content (AvgIpc) is 3.15. The fraction of sp³-hybridized carbons (Fsp3) is 0.684. The summed E-state index contributed by atoms with van der Waals surface area (Å²) in [5.74, 6) is -1.55. The zero-order valence-electron chi connectivity index (χ0n) is 14.7. The summed E-state index contributed by atoms with van der Waals surface area (Å²) in [7, 11) is 0. The molecule has 2 unspecified atom stereocenters. The summed E-state index contributed by atoms with van der Waals surface area (Å²) in [6.07, 6.45) is 12.7. The van der Waals surface area contributed by atoms with Gasteiger partial charge in [0.05, 0.1) is 12.0 Å². The van der Waals surface area contributed by atoms with Crippen molar-refractivity contribution in [2.45, 2.75) is 64.1 Å². The molecule has 0 aromatic rings. The van der Waals surface area contributed by atoms with Crippen molar-refractivity contribution in [1.29, 1.82) is 0 Å². The molecule has 6 nitrogen and oxygen atoms in total. The van der Waals surface area contributed by atoms with Crippen molar-refractivity contribution < 1.29 is 29.6 Å². The zero-order valence-corrected chi connectivity index (χ0v) is 14.7. The van der Waals surface area contributed by atoms with Gasteiger partial charge in [0.25, 0.3) is 0 Å². The third-order valence-electron chi connectivity index (χ3n) is 4.99. The van der Waals surface area contributed by atoms with Crippen molar-refractivity contribution in [2.75, 3.05) is 0 Å². The molecule has 0 spiro atoms. The van der Waals surface area contributed by atoms with E-state index in [0.29, 0.717) is 12.8 Å². The molecule has 6 heteroatoms. The molecule has 1 aliphatic carbocycles. The van der Waals surface area contributed by atoms with Gasteiger partial charge in [0, 0.05) is 24.7 Å². The number of rotatable bonds is 11. The van der Waals surface area contributed by atoms with Gasteiger partial charge in [0.1, 0.15) is 6.10 Å². The number of carbonyl (C=O) groups is 2. The maximum Gasteiger partial charge on any atom is 0.310 e. The number of fused-ring (bicyclic) bond motifs is 2. The van der Waals surface area contributed by atoms with E-state index < -0.39 is 17.9 Å². The van der Waals surface area contributed by atoms with Gasteiger partial charge in [-0.25, -0.2) is 9.78 Å². The second-order valence-corrected chi connectivity index (χ2v) is 6.86. The van der Waals surface area contributed by atoms with Gasteiger partial charge in [-0.15, -0.1) is 0 Å². The van der Waals surface area contributed by atoms with Gasteiger partial charge in [-0.3, -0.25) is 9.59 Å². The van der Waals surface area contributed by atoms with E-state index in [1.807, 2.05) is 25.2 Å². The van der Waals surface area contributed by atoms with E-state index in [4.69, 9.17) is 14.9 Å². The second kappa shape index (κ2) is 9.73. The van der Waals surface area contributed by atoms with Gasteiger partial charge in [0.15, 0.2) is 0 Å². The molecular formula is C19H28O6. The van der Waals surface area contributed by atoms with E-state index in [0.717, 1.165) is 25.7 Å². The topological polar surface area (TPSA) is 93.1 Å². The van der Waals surface area contributed by atoms with Crippen molar-refractivity contribution in [1.82, 2.24) is 0 Å². The number of carboxylic acids is 2. The average molecular weight is 352 g/mol. The first-order chi connectivity index (χ1) is 12.0. The van der Waals surface area contributed by atoms with Crippen LogP contribution in [0.3, 0.4) is 0 Å². The summed E-state index contributed by atoms with van der Waals surface area (Å²) in [6.45, 7) is 1.98. The standard InChI is InChI=1S/C19H28O6/c1-2-7-13(19(22)23)10-11-15-14(16-12-17(15)25-24-16)8-5-3-4-6-9-18(20)21/h3,5,10-11,13-17H,2,4,6-9,12H2,1H3,(H,20,21)(H,22,23)/b5-3-,11-10+/t13-,14+,15+,16?,17?/m0/s1. The minimum atomic E-state index is -0.784. The third-order valence-corrected chi connectivity index (χ3v) is 4.99. The number of unbranched alkanes of at least 4 members (excludes halogenated alkanes) is 1. The highest BCUT2D eigenvalue weighted by atomic mass is 17.2. The lowest BCUT2D eigenvalue weighted by molar-refractivity contribution is -0.336. The predicted octanol–water partition coefficient (Wildman–Crippen LogP) is 3.58. The van der Waals surface area contributed by atoms with E-state index in [9.17, 15) is 14.7 Å². The van der Waals surface area contributed by atoms with E-state index in [1.165, 1.54) is 0 Å². The van der Waals surface area contributed by atoms with Gasteiger partial charge >= 0.3 is 11.9 Å². The predicted molar refractivity (Wildman–Crippen MR) is 91.8 cm³/mol. The fourth-order valence-corrected chi connectivity index (χ4v) is 3.63. The highest BCUT2D eigenvalue weighted by molar-refractivity contribution is 5.72. The molecule has 140 valence electrons. The Morgan fingerprint density at radius 1 is 1.20 bits per heavy atom. The molecule has 0 aromatic carbocycles.